The van der Waals surface area contributed by atoms with E-state index in [9.17, 15) is 18.3 Å². The molecule has 0 unspecified atom stereocenters. The van der Waals surface area contributed by atoms with Crippen molar-refractivity contribution < 1.29 is 18.3 Å². The molecule has 0 aliphatic carbocycles. The first-order valence-corrected chi connectivity index (χ1v) is 9.55. The summed E-state index contributed by atoms with van der Waals surface area (Å²) < 4.78 is 22.9. The van der Waals surface area contributed by atoms with Gasteiger partial charge in [0.05, 0.1) is 17.2 Å². The lowest BCUT2D eigenvalue weighted by Gasteiger charge is -2.36. The first-order chi connectivity index (χ1) is 10.9. The Morgan fingerprint density at radius 3 is 2.48 bits per heavy atom. The van der Waals surface area contributed by atoms with Crippen LogP contribution in [-0.2, 0) is 9.84 Å². The highest BCUT2D eigenvalue weighted by atomic mass is 32.2. The lowest BCUT2D eigenvalue weighted by molar-refractivity contribution is 0.191. The summed E-state index contributed by atoms with van der Waals surface area (Å²) in [5.41, 5.74) is 0.773. The summed E-state index contributed by atoms with van der Waals surface area (Å²) in [4.78, 5) is 16.0. The van der Waals surface area contributed by atoms with E-state index in [2.05, 4.69) is 5.32 Å². The van der Waals surface area contributed by atoms with E-state index in [1.807, 2.05) is 17.0 Å². The number of nitrogens with one attached hydrogen (secondary N) is 1. The highest BCUT2D eigenvalue weighted by Gasteiger charge is 2.31. The van der Waals surface area contributed by atoms with Crippen LogP contribution in [0.2, 0.25) is 0 Å². The zero-order chi connectivity index (χ0) is 16.4. The Morgan fingerprint density at radius 2 is 1.87 bits per heavy atom. The average Bonchev–Trinajstić information content (AvgIpc) is 2.87. The number of sulfone groups is 1. The third-order valence-electron chi connectivity index (χ3n) is 4.35. The van der Waals surface area contributed by atoms with Gasteiger partial charge in [-0.2, -0.15) is 0 Å². The molecular weight excluding hydrogens is 318 g/mol. The van der Waals surface area contributed by atoms with Gasteiger partial charge in [-0.1, -0.05) is 12.1 Å². The fourth-order valence-corrected chi connectivity index (χ4v) is 4.73. The molecule has 1 aromatic rings. The number of hydrogen-bond donors (Lipinski definition) is 2. The molecule has 1 aromatic carbocycles. The standard InChI is InChI=1S/C15H21N3O4S/c19-14-4-2-1-3-13(14)17-6-8-18(9-7-17)15(20)16-12-5-10-23(21,22)11-12/h1-4,12,19H,5-11H2,(H,16,20)/t12-/m0/s1. The number of phenolic OH excluding ortho intramolecular Hbond substituents is 1. The lowest BCUT2D eigenvalue weighted by atomic mass is 10.2. The van der Waals surface area contributed by atoms with Gasteiger partial charge in [0, 0.05) is 32.2 Å². The summed E-state index contributed by atoms with van der Waals surface area (Å²) in [5.74, 6) is 0.428. The number of para-hydroxylation sites is 2. The van der Waals surface area contributed by atoms with Crippen LogP contribution in [-0.4, -0.2) is 68.2 Å². The van der Waals surface area contributed by atoms with Gasteiger partial charge < -0.3 is 20.2 Å². The van der Waals surface area contributed by atoms with Gasteiger partial charge in [-0.05, 0) is 18.6 Å². The molecule has 0 saturated carbocycles. The molecule has 0 aromatic heterocycles. The minimum absolute atomic E-state index is 0.0383. The largest absolute Gasteiger partial charge is 0.506 e. The second-order valence-corrected chi connectivity index (χ2v) is 8.24. The molecule has 2 aliphatic rings. The summed E-state index contributed by atoms with van der Waals surface area (Å²) in [7, 11) is -2.99. The van der Waals surface area contributed by atoms with Crippen LogP contribution in [0, 0.1) is 0 Å². The number of benzene rings is 1. The average molecular weight is 339 g/mol. The maximum absolute atomic E-state index is 12.2. The molecule has 8 heteroatoms. The zero-order valence-corrected chi connectivity index (χ0v) is 13.6. The summed E-state index contributed by atoms with van der Waals surface area (Å²) in [6.07, 6.45) is 0.492. The molecule has 7 nitrogen and oxygen atoms in total. The van der Waals surface area contributed by atoms with Crippen LogP contribution in [0.3, 0.4) is 0 Å². The van der Waals surface area contributed by atoms with Crippen molar-refractivity contribution in [2.24, 2.45) is 0 Å². The van der Waals surface area contributed by atoms with Gasteiger partial charge in [-0.15, -0.1) is 0 Å². The second kappa shape index (κ2) is 6.27. The molecule has 2 aliphatic heterocycles. The molecule has 2 saturated heterocycles. The molecule has 2 fully saturated rings. The van der Waals surface area contributed by atoms with Crippen molar-refractivity contribution in [3.63, 3.8) is 0 Å². The van der Waals surface area contributed by atoms with Crippen LogP contribution < -0.4 is 10.2 Å². The molecule has 3 rings (SSSR count). The van der Waals surface area contributed by atoms with Crippen molar-refractivity contribution in [2.75, 3.05) is 42.6 Å². The first kappa shape index (κ1) is 15.9. The Morgan fingerprint density at radius 1 is 1.17 bits per heavy atom. The van der Waals surface area contributed by atoms with Crippen molar-refractivity contribution in [2.45, 2.75) is 12.5 Å². The van der Waals surface area contributed by atoms with E-state index in [4.69, 9.17) is 0 Å². The normalized spacial score (nSPS) is 23.7. The Labute approximate surface area is 135 Å². The molecule has 0 radical (unpaired) electrons. The van der Waals surface area contributed by atoms with Crippen LogP contribution in [0.1, 0.15) is 6.42 Å². The van der Waals surface area contributed by atoms with Crippen LogP contribution in [0.4, 0.5) is 10.5 Å². The highest BCUT2D eigenvalue weighted by molar-refractivity contribution is 7.91. The summed E-state index contributed by atoms with van der Waals surface area (Å²) >= 11 is 0. The van der Waals surface area contributed by atoms with Gasteiger partial charge >= 0.3 is 6.03 Å². The van der Waals surface area contributed by atoms with Gasteiger partial charge in [0.15, 0.2) is 9.84 Å². The molecule has 1 atom stereocenters. The first-order valence-electron chi connectivity index (χ1n) is 7.73. The number of piperazine rings is 1. The predicted molar refractivity (Wildman–Crippen MR) is 87.5 cm³/mol. The highest BCUT2D eigenvalue weighted by Crippen LogP contribution is 2.27. The molecule has 0 bridgehead atoms. The number of carbonyl (C=O) groups excluding carboxylic acids is 1. The van der Waals surface area contributed by atoms with Crippen LogP contribution in [0.25, 0.3) is 0 Å². The monoisotopic (exact) mass is 339 g/mol. The summed E-state index contributed by atoms with van der Waals surface area (Å²) in [6, 6.07) is 6.67. The Bertz CT molecular complexity index is 684. The minimum Gasteiger partial charge on any atom is -0.506 e. The van der Waals surface area contributed by atoms with Crippen molar-refractivity contribution in [1.82, 2.24) is 10.2 Å². The number of rotatable bonds is 2. The van der Waals surface area contributed by atoms with Crippen LogP contribution >= 0.6 is 0 Å². The summed E-state index contributed by atoms with van der Waals surface area (Å²) in [5, 5.41) is 12.7. The number of carbonyl (C=O) groups is 1. The molecule has 126 valence electrons. The molecular formula is C15H21N3O4S. The van der Waals surface area contributed by atoms with Gasteiger partial charge in [0.2, 0.25) is 0 Å². The van der Waals surface area contributed by atoms with Crippen molar-refractivity contribution >= 4 is 21.6 Å². The fraction of sp³-hybridized carbons (Fsp3) is 0.533. The number of nitrogens with zero attached hydrogens (tertiary/aromatic N) is 2. The van der Waals surface area contributed by atoms with E-state index in [0.717, 1.165) is 5.69 Å². The number of urea groups is 1. The number of amides is 2. The van der Waals surface area contributed by atoms with E-state index in [1.165, 1.54) is 0 Å². The predicted octanol–water partition coefficient (Wildman–Crippen LogP) is 0.411. The van der Waals surface area contributed by atoms with E-state index in [0.29, 0.717) is 32.6 Å². The smallest absolute Gasteiger partial charge is 0.317 e. The minimum atomic E-state index is -2.99. The number of phenols is 1. The maximum atomic E-state index is 12.2. The Hall–Kier alpha value is -1.96. The summed E-state index contributed by atoms with van der Waals surface area (Å²) in [6.45, 7) is 2.35. The van der Waals surface area contributed by atoms with Gasteiger partial charge in [0.1, 0.15) is 5.75 Å². The van der Waals surface area contributed by atoms with Crippen LogP contribution in [0.5, 0.6) is 5.75 Å². The number of aromatic hydroxyl groups is 1. The van der Waals surface area contributed by atoms with Crippen LogP contribution in [0.15, 0.2) is 24.3 Å². The lowest BCUT2D eigenvalue weighted by Crippen LogP contribution is -2.53. The second-order valence-electron chi connectivity index (χ2n) is 6.01. The van der Waals surface area contributed by atoms with Crippen molar-refractivity contribution in [1.29, 1.82) is 0 Å². The quantitative estimate of drug-likeness (QED) is 0.815. The van der Waals surface area contributed by atoms with E-state index < -0.39 is 9.84 Å². The Balaban J connectivity index is 1.53. The van der Waals surface area contributed by atoms with Gasteiger partial charge in [-0.3, -0.25) is 0 Å². The maximum Gasteiger partial charge on any atom is 0.317 e. The number of anilines is 1. The zero-order valence-electron chi connectivity index (χ0n) is 12.8. The SMILES string of the molecule is O=C(N[C@H]1CCS(=O)(=O)C1)N1CCN(c2ccccc2O)CC1. The molecule has 2 N–H and O–H groups in total. The van der Waals surface area contributed by atoms with Gasteiger partial charge in [-0.25, -0.2) is 13.2 Å². The van der Waals surface area contributed by atoms with Crippen molar-refractivity contribution in [3.05, 3.63) is 24.3 Å². The van der Waals surface area contributed by atoms with Gasteiger partial charge in [0.25, 0.3) is 0 Å². The topological polar surface area (TPSA) is 90.0 Å². The van der Waals surface area contributed by atoms with E-state index in [-0.39, 0.29) is 29.3 Å². The fourth-order valence-electron chi connectivity index (χ4n) is 3.06. The third-order valence-corrected chi connectivity index (χ3v) is 6.12. The molecule has 23 heavy (non-hydrogen) atoms. The number of hydrogen-bond acceptors (Lipinski definition) is 5. The molecule has 0 spiro atoms. The molecule has 2 heterocycles. The van der Waals surface area contributed by atoms with E-state index in [1.54, 1.807) is 17.0 Å². The van der Waals surface area contributed by atoms with E-state index >= 15 is 0 Å². The molecule has 2 amide bonds. The van der Waals surface area contributed by atoms with Crippen molar-refractivity contribution in [3.8, 4) is 5.75 Å². The third kappa shape index (κ3) is 3.69. The Kier molecular flexibility index (Phi) is 4.34.